The summed E-state index contributed by atoms with van der Waals surface area (Å²) in [5.41, 5.74) is -0.870. The lowest BCUT2D eigenvalue weighted by Gasteiger charge is -2.29. The third kappa shape index (κ3) is 6.06. The van der Waals surface area contributed by atoms with Crippen molar-refractivity contribution < 1.29 is 49.7 Å². The highest BCUT2D eigenvalue weighted by molar-refractivity contribution is 5.64. The predicted octanol–water partition coefficient (Wildman–Crippen LogP) is 6.88. The van der Waals surface area contributed by atoms with Crippen LogP contribution in [0.5, 0.6) is 5.75 Å². The van der Waals surface area contributed by atoms with Gasteiger partial charge in [-0.2, -0.15) is 8.78 Å². The summed E-state index contributed by atoms with van der Waals surface area (Å²) >= 11 is 0. The van der Waals surface area contributed by atoms with E-state index < -0.39 is 52.8 Å². The van der Waals surface area contributed by atoms with E-state index in [1.165, 1.54) is 12.1 Å². The van der Waals surface area contributed by atoms with Gasteiger partial charge in [-0.05, 0) is 30.2 Å². The highest BCUT2D eigenvalue weighted by Gasteiger charge is 2.41. The Bertz CT molecular complexity index is 1200. The van der Waals surface area contributed by atoms with Crippen LogP contribution in [0.4, 0.5) is 30.7 Å². The van der Waals surface area contributed by atoms with Gasteiger partial charge in [0.05, 0.1) is 19.8 Å². The predicted molar refractivity (Wildman–Crippen MR) is 117 cm³/mol. The molecule has 37 heavy (non-hydrogen) atoms. The molecule has 4 nitrogen and oxygen atoms in total. The van der Waals surface area contributed by atoms with E-state index in [2.05, 4.69) is 4.74 Å². The molecule has 198 valence electrons. The summed E-state index contributed by atoms with van der Waals surface area (Å²) < 4.78 is 119. The molecule has 0 N–H and O–H groups in total. The lowest BCUT2D eigenvalue weighted by atomic mass is 10.0. The number of rotatable bonds is 8. The van der Waals surface area contributed by atoms with Crippen LogP contribution in [0.3, 0.4) is 0 Å². The van der Waals surface area contributed by atoms with Gasteiger partial charge in [0.1, 0.15) is 22.9 Å². The van der Waals surface area contributed by atoms with E-state index in [0.29, 0.717) is 49.7 Å². The minimum Gasteiger partial charge on any atom is -0.429 e. The molecule has 0 unspecified atom stereocenters. The fourth-order valence-electron chi connectivity index (χ4n) is 3.76. The Morgan fingerprint density at radius 1 is 0.811 bits per heavy atom. The van der Waals surface area contributed by atoms with Crippen LogP contribution in [0.15, 0.2) is 48.5 Å². The molecule has 1 fully saturated rings. The first-order valence-electron chi connectivity index (χ1n) is 11.2. The van der Waals surface area contributed by atoms with Gasteiger partial charge in [-0.15, -0.1) is 0 Å². The molecule has 0 amide bonds. The molecule has 3 aromatic rings. The molecule has 0 aliphatic carbocycles. The van der Waals surface area contributed by atoms with Crippen molar-refractivity contribution in [3.05, 3.63) is 88.7 Å². The monoisotopic (exact) mass is 530 g/mol. The topological polar surface area (TPSA) is 36.9 Å². The van der Waals surface area contributed by atoms with E-state index in [0.717, 1.165) is 0 Å². The lowest BCUT2D eigenvalue weighted by molar-refractivity contribution is -0.211. The van der Waals surface area contributed by atoms with E-state index in [9.17, 15) is 30.7 Å². The molecule has 1 aliphatic heterocycles. The van der Waals surface area contributed by atoms with Crippen molar-refractivity contribution in [3.63, 3.8) is 0 Å². The first-order chi connectivity index (χ1) is 17.6. The van der Waals surface area contributed by atoms with Crippen LogP contribution in [0.25, 0.3) is 11.1 Å². The SMILES string of the molecule is CCOCC1COC(c2ccc(-c3cc(F)c(C(F)(F)Oc4cc(F)c(F)c(F)c4)c(F)c3)cc2)OC1. The Balaban J connectivity index is 1.50. The van der Waals surface area contributed by atoms with E-state index >= 15 is 0 Å². The van der Waals surface area contributed by atoms with Crippen molar-refractivity contribution in [1.82, 2.24) is 0 Å². The zero-order valence-electron chi connectivity index (χ0n) is 19.4. The van der Waals surface area contributed by atoms with Gasteiger partial charge in [0.15, 0.2) is 23.7 Å². The summed E-state index contributed by atoms with van der Waals surface area (Å²) in [7, 11) is 0. The minimum atomic E-state index is -4.66. The Labute approximate surface area is 207 Å². The van der Waals surface area contributed by atoms with Gasteiger partial charge in [0.2, 0.25) is 0 Å². The Kier molecular flexibility index (Phi) is 8.05. The second-order valence-corrected chi connectivity index (χ2v) is 8.28. The van der Waals surface area contributed by atoms with E-state index in [-0.39, 0.29) is 23.6 Å². The Morgan fingerprint density at radius 3 is 1.92 bits per heavy atom. The smallest absolute Gasteiger partial charge is 0.429 e. The number of ether oxygens (including phenoxy) is 4. The number of hydrogen-bond acceptors (Lipinski definition) is 4. The lowest BCUT2D eigenvalue weighted by Crippen LogP contribution is -2.30. The molecule has 0 radical (unpaired) electrons. The number of hydrogen-bond donors (Lipinski definition) is 0. The maximum absolute atomic E-state index is 14.7. The zero-order valence-corrected chi connectivity index (χ0v) is 19.4. The van der Waals surface area contributed by atoms with Crippen LogP contribution < -0.4 is 4.74 Å². The van der Waals surface area contributed by atoms with Gasteiger partial charge in [-0.3, -0.25) is 0 Å². The third-order valence-electron chi connectivity index (χ3n) is 5.58. The molecule has 3 aromatic carbocycles. The summed E-state index contributed by atoms with van der Waals surface area (Å²) in [4.78, 5) is 0. The Hall–Kier alpha value is -3.15. The molecule has 0 bridgehead atoms. The molecule has 0 saturated carbocycles. The molecule has 0 aromatic heterocycles. The van der Waals surface area contributed by atoms with Gasteiger partial charge in [0.25, 0.3) is 0 Å². The minimum absolute atomic E-state index is 0.0535. The first-order valence-corrected chi connectivity index (χ1v) is 11.2. The molecule has 0 spiro atoms. The molecule has 1 saturated heterocycles. The highest BCUT2D eigenvalue weighted by Crippen LogP contribution is 2.38. The van der Waals surface area contributed by atoms with Gasteiger partial charge >= 0.3 is 6.11 Å². The van der Waals surface area contributed by atoms with Gasteiger partial charge in [-0.25, -0.2) is 22.0 Å². The molecule has 11 heteroatoms. The van der Waals surface area contributed by atoms with Crippen LogP contribution in [-0.4, -0.2) is 26.4 Å². The van der Waals surface area contributed by atoms with Crippen molar-refractivity contribution >= 4 is 0 Å². The number of alkyl halides is 2. The average Bonchev–Trinajstić information content (AvgIpc) is 2.85. The van der Waals surface area contributed by atoms with Crippen LogP contribution in [0.1, 0.15) is 24.3 Å². The van der Waals surface area contributed by atoms with Crippen molar-refractivity contribution in [2.45, 2.75) is 19.3 Å². The molecular weight excluding hydrogens is 509 g/mol. The number of benzene rings is 3. The first kappa shape index (κ1) is 26.9. The second-order valence-electron chi connectivity index (χ2n) is 8.28. The molecule has 4 rings (SSSR count). The molecule has 1 aliphatic rings. The van der Waals surface area contributed by atoms with Crippen LogP contribution >= 0.6 is 0 Å². The van der Waals surface area contributed by atoms with Crippen LogP contribution in [0.2, 0.25) is 0 Å². The Morgan fingerprint density at radius 2 is 1.38 bits per heavy atom. The van der Waals surface area contributed by atoms with E-state index in [1.54, 1.807) is 12.1 Å². The fraction of sp³-hybridized carbons (Fsp3) is 0.308. The van der Waals surface area contributed by atoms with Gasteiger partial charge in [-0.1, -0.05) is 24.3 Å². The average molecular weight is 530 g/mol. The summed E-state index contributed by atoms with van der Waals surface area (Å²) in [5.74, 6) is -9.90. The largest absolute Gasteiger partial charge is 0.432 e. The standard InChI is InChI=1S/C26H21F7O4/c1-2-34-11-14-12-35-25(36-13-14)16-5-3-15(4-6-16)17-7-19(27)23(20(28)8-17)26(32,33)37-18-9-21(29)24(31)22(30)10-18/h3-10,14,25H,2,11-13H2,1H3. The molecule has 0 atom stereocenters. The van der Waals surface area contributed by atoms with Crippen molar-refractivity contribution in [3.8, 4) is 16.9 Å². The summed E-state index contributed by atoms with van der Waals surface area (Å²) in [5, 5.41) is 0. The maximum Gasteiger partial charge on any atom is 0.432 e. The van der Waals surface area contributed by atoms with Crippen molar-refractivity contribution in [2.24, 2.45) is 5.92 Å². The third-order valence-corrected chi connectivity index (χ3v) is 5.58. The number of halogens is 7. The van der Waals surface area contributed by atoms with Crippen LogP contribution in [-0.2, 0) is 20.3 Å². The van der Waals surface area contributed by atoms with Crippen LogP contribution in [0, 0.1) is 35.0 Å². The van der Waals surface area contributed by atoms with E-state index in [4.69, 9.17) is 14.2 Å². The quantitative estimate of drug-likeness (QED) is 0.235. The highest BCUT2D eigenvalue weighted by atomic mass is 19.3. The summed E-state index contributed by atoms with van der Waals surface area (Å²) in [6, 6.07) is 7.87. The van der Waals surface area contributed by atoms with Gasteiger partial charge in [0, 0.05) is 30.2 Å². The van der Waals surface area contributed by atoms with Crippen molar-refractivity contribution in [2.75, 3.05) is 26.4 Å². The second kappa shape index (κ2) is 11.1. The van der Waals surface area contributed by atoms with Crippen molar-refractivity contribution in [1.29, 1.82) is 0 Å². The summed E-state index contributed by atoms with van der Waals surface area (Å²) in [6.07, 6.45) is -5.30. The summed E-state index contributed by atoms with van der Waals surface area (Å²) in [6.45, 7) is 3.84. The fourth-order valence-corrected chi connectivity index (χ4v) is 3.76. The zero-order chi connectivity index (χ0) is 26.7. The van der Waals surface area contributed by atoms with E-state index in [1.807, 2.05) is 6.92 Å². The molecule has 1 heterocycles. The normalized spacial score (nSPS) is 18.2. The maximum atomic E-state index is 14.7. The van der Waals surface area contributed by atoms with Gasteiger partial charge < -0.3 is 18.9 Å². The molecular formula is C26H21F7O4.